The maximum absolute atomic E-state index is 12.0. The molecule has 0 saturated heterocycles. The highest BCUT2D eigenvalue weighted by molar-refractivity contribution is 6.33. The van der Waals surface area contributed by atoms with E-state index in [1.165, 1.54) is 19.1 Å². The van der Waals surface area contributed by atoms with Crippen LogP contribution in [0.15, 0.2) is 42.6 Å². The van der Waals surface area contributed by atoms with Crippen molar-refractivity contribution in [2.75, 3.05) is 0 Å². The van der Waals surface area contributed by atoms with Gasteiger partial charge in [0, 0.05) is 30.8 Å². The Kier molecular flexibility index (Phi) is 3.38. The van der Waals surface area contributed by atoms with Crippen LogP contribution < -0.4 is 0 Å². The van der Waals surface area contributed by atoms with Crippen LogP contribution >= 0.6 is 11.6 Å². The molecule has 6 nitrogen and oxygen atoms in total. The Labute approximate surface area is 130 Å². The molecule has 7 heteroatoms. The second-order valence-corrected chi connectivity index (χ2v) is 5.13. The van der Waals surface area contributed by atoms with Crippen molar-refractivity contribution in [3.05, 3.63) is 63.4 Å². The molecule has 0 fully saturated rings. The van der Waals surface area contributed by atoms with Gasteiger partial charge in [-0.2, -0.15) is 0 Å². The molecule has 0 unspecified atom stereocenters. The van der Waals surface area contributed by atoms with E-state index in [2.05, 4.69) is 4.98 Å². The van der Waals surface area contributed by atoms with Crippen molar-refractivity contribution in [3.63, 3.8) is 0 Å². The molecule has 0 saturated carbocycles. The molecule has 110 valence electrons. The summed E-state index contributed by atoms with van der Waals surface area (Å²) in [6.45, 7) is 1.42. The van der Waals surface area contributed by atoms with Crippen LogP contribution in [-0.2, 0) is 0 Å². The lowest BCUT2D eigenvalue weighted by Gasteiger charge is -2.01. The number of non-ortho nitro benzene ring substituents is 1. The van der Waals surface area contributed by atoms with E-state index >= 15 is 0 Å². The van der Waals surface area contributed by atoms with Gasteiger partial charge in [-0.05, 0) is 12.1 Å². The van der Waals surface area contributed by atoms with Crippen molar-refractivity contribution < 1.29 is 9.72 Å². The predicted molar refractivity (Wildman–Crippen MR) is 82.3 cm³/mol. The molecule has 2 aromatic heterocycles. The number of rotatable bonds is 3. The lowest BCUT2D eigenvalue weighted by molar-refractivity contribution is -0.384. The maximum Gasteiger partial charge on any atom is 0.270 e. The summed E-state index contributed by atoms with van der Waals surface area (Å²) in [7, 11) is 0. The predicted octanol–water partition coefficient (Wildman–Crippen LogP) is 3.77. The summed E-state index contributed by atoms with van der Waals surface area (Å²) in [5.41, 5.74) is 1.60. The van der Waals surface area contributed by atoms with Gasteiger partial charge in [0.1, 0.15) is 11.4 Å². The second kappa shape index (κ2) is 5.23. The van der Waals surface area contributed by atoms with Crippen molar-refractivity contribution in [2.45, 2.75) is 6.92 Å². The van der Waals surface area contributed by atoms with E-state index in [0.29, 0.717) is 27.6 Å². The van der Waals surface area contributed by atoms with E-state index in [1.807, 2.05) is 0 Å². The molecule has 0 radical (unpaired) electrons. The van der Waals surface area contributed by atoms with Crippen molar-refractivity contribution >= 4 is 28.7 Å². The van der Waals surface area contributed by atoms with Gasteiger partial charge in [0.2, 0.25) is 0 Å². The first kappa shape index (κ1) is 14.2. The van der Waals surface area contributed by atoms with Gasteiger partial charge in [0.15, 0.2) is 11.4 Å². The number of ketones is 1. The Balaban J connectivity index is 2.33. The van der Waals surface area contributed by atoms with Crippen molar-refractivity contribution in [1.29, 1.82) is 0 Å². The molecule has 0 bridgehead atoms. The van der Waals surface area contributed by atoms with Crippen LogP contribution in [0.5, 0.6) is 0 Å². The molecule has 1 aromatic carbocycles. The minimum absolute atomic E-state index is 0.0600. The first-order valence-corrected chi connectivity index (χ1v) is 6.79. The van der Waals surface area contributed by atoms with Crippen LogP contribution in [0.3, 0.4) is 0 Å². The van der Waals surface area contributed by atoms with Gasteiger partial charge < -0.3 is 0 Å². The lowest BCUT2D eigenvalue weighted by atomic mass is 10.1. The second-order valence-electron chi connectivity index (χ2n) is 4.72. The molecule has 0 amide bonds. The van der Waals surface area contributed by atoms with Crippen molar-refractivity contribution in [2.24, 2.45) is 0 Å². The quantitative estimate of drug-likeness (QED) is 0.419. The number of carbonyl (C=O) groups is 1. The van der Waals surface area contributed by atoms with Gasteiger partial charge >= 0.3 is 0 Å². The topological polar surface area (TPSA) is 77.5 Å². The van der Waals surface area contributed by atoms with Crippen molar-refractivity contribution in [3.8, 4) is 11.3 Å². The van der Waals surface area contributed by atoms with E-state index in [0.717, 1.165) is 0 Å². The van der Waals surface area contributed by atoms with Crippen LogP contribution in [0, 0.1) is 10.1 Å². The molecule has 3 aromatic rings. The standard InChI is InChI=1S/C15H10ClN3O3/c1-9(20)14-13(10-4-2-5-11(8-10)19(21)22)17-15-12(16)6-3-7-18(14)15/h2-8H,1H3. The third-order valence-corrected chi connectivity index (χ3v) is 3.56. The Bertz CT molecular complexity index is 918. The molecule has 0 aliphatic carbocycles. The number of benzene rings is 1. The number of aromatic nitrogens is 2. The van der Waals surface area contributed by atoms with E-state index in [-0.39, 0.29) is 11.5 Å². The number of hydrogen-bond donors (Lipinski definition) is 0. The maximum atomic E-state index is 12.0. The zero-order valence-corrected chi connectivity index (χ0v) is 12.2. The zero-order chi connectivity index (χ0) is 15.9. The smallest absolute Gasteiger partial charge is 0.270 e. The Morgan fingerprint density at radius 2 is 2.09 bits per heavy atom. The summed E-state index contributed by atoms with van der Waals surface area (Å²) in [6, 6.07) is 9.39. The third kappa shape index (κ3) is 2.23. The minimum Gasteiger partial charge on any atom is -0.295 e. The summed E-state index contributed by atoms with van der Waals surface area (Å²) in [5, 5.41) is 11.3. The first-order valence-electron chi connectivity index (χ1n) is 6.41. The normalized spacial score (nSPS) is 10.8. The molecule has 0 atom stereocenters. The Morgan fingerprint density at radius 1 is 1.32 bits per heavy atom. The Hall–Kier alpha value is -2.73. The number of fused-ring (bicyclic) bond motifs is 1. The summed E-state index contributed by atoms with van der Waals surface area (Å²) >= 11 is 6.11. The number of Topliss-reactive ketones (excluding diaryl/α,β-unsaturated/α-hetero) is 1. The SMILES string of the molecule is CC(=O)c1c(-c2cccc([N+](=O)[O-])c2)nc2c(Cl)cccn12. The number of nitro benzene ring substituents is 1. The minimum atomic E-state index is -0.486. The highest BCUT2D eigenvalue weighted by atomic mass is 35.5. The monoisotopic (exact) mass is 315 g/mol. The van der Waals surface area contributed by atoms with E-state index in [9.17, 15) is 14.9 Å². The summed E-state index contributed by atoms with van der Waals surface area (Å²) in [4.78, 5) is 26.8. The highest BCUT2D eigenvalue weighted by Crippen LogP contribution is 2.29. The highest BCUT2D eigenvalue weighted by Gasteiger charge is 2.20. The number of hydrogen-bond acceptors (Lipinski definition) is 4. The van der Waals surface area contributed by atoms with Gasteiger partial charge in [-0.15, -0.1) is 0 Å². The molecule has 0 spiro atoms. The number of imidazole rings is 1. The van der Waals surface area contributed by atoms with Crippen LogP contribution in [0.25, 0.3) is 16.9 Å². The summed E-state index contributed by atoms with van der Waals surface area (Å²) in [6.07, 6.45) is 1.69. The Morgan fingerprint density at radius 3 is 2.77 bits per heavy atom. The van der Waals surface area contributed by atoms with E-state index < -0.39 is 4.92 Å². The molecule has 0 aliphatic heterocycles. The number of nitrogens with zero attached hydrogens (tertiary/aromatic N) is 3. The molecular weight excluding hydrogens is 306 g/mol. The fourth-order valence-electron chi connectivity index (χ4n) is 2.34. The van der Waals surface area contributed by atoms with E-state index in [1.54, 1.807) is 34.9 Å². The van der Waals surface area contributed by atoms with Crippen LogP contribution in [-0.4, -0.2) is 20.1 Å². The molecule has 2 heterocycles. The zero-order valence-electron chi connectivity index (χ0n) is 11.5. The van der Waals surface area contributed by atoms with Gasteiger partial charge in [-0.25, -0.2) is 4.98 Å². The number of nitro groups is 1. The average Bonchev–Trinajstić information content (AvgIpc) is 2.88. The third-order valence-electron chi connectivity index (χ3n) is 3.27. The van der Waals surface area contributed by atoms with Crippen LogP contribution in [0.1, 0.15) is 17.4 Å². The van der Waals surface area contributed by atoms with Gasteiger partial charge in [0.05, 0.1) is 9.95 Å². The summed E-state index contributed by atoms with van der Waals surface area (Å²) < 4.78 is 1.60. The molecule has 0 N–H and O–H groups in total. The van der Waals surface area contributed by atoms with E-state index in [4.69, 9.17) is 11.6 Å². The molecule has 3 rings (SSSR count). The number of halogens is 1. The van der Waals surface area contributed by atoms with Crippen LogP contribution in [0.4, 0.5) is 5.69 Å². The fraction of sp³-hybridized carbons (Fsp3) is 0.0667. The largest absolute Gasteiger partial charge is 0.295 e. The molecular formula is C15H10ClN3O3. The fourth-order valence-corrected chi connectivity index (χ4v) is 2.54. The summed E-state index contributed by atoms with van der Waals surface area (Å²) in [5.74, 6) is -0.198. The average molecular weight is 316 g/mol. The lowest BCUT2D eigenvalue weighted by Crippen LogP contribution is -2.00. The van der Waals surface area contributed by atoms with Crippen molar-refractivity contribution in [1.82, 2.24) is 9.38 Å². The molecule has 22 heavy (non-hydrogen) atoms. The van der Waals surface area contributed by atoms with Crippen LogP contribution in [0.2, 0.25) is 5.02 Å². The molecule has 0 aliphatic rings. The van der Waals surface area contributed by atoms with Gasteiger partial charge in [0.25, 0.3) is 5.69 Å². The number of carbonyl (C=O) groups excluding carboxylic acids is 1. The number of pyridine rings is 1. The first-order chi connectivity index (χ1) is 10.5. The van der Waals surface area contributed by atoms with Gasteiger partial charge in [-0.3, -0.25) is 19.3 Å². The van der Waals surface area contributed by atoms with Gasteiger partial charge in [-0.1, -0.05) is 23.7 Å².